The second-order valence-electron chi connectivity index (χ2n) is 5.03. The van der Waals surface area contributed by atoms with Crippen molar-refractivity contribution in [2.75, 3.05) is 18.8 Å². The van der Waals surface area contributed by atoms with Gasteiger partial charge in [-0.2, -0.15) is 0 Å². The summed E-state index contributed by atoms with van der Waals surface area (Å²) in [5, 5.41) is 9.81. The predicted molar refractivity (Wildman–Crippen MR) is 66.6 cm³/mol. The highest BCUT2D eigenvalue weighted by atomic mass is 19.1. The van der Waals surface area contributed by atoms with Crippen LogP contribution in [0.2, 0.25) is 0 Å². The fourth-order valence-corrected chi connectivity index (χ4v) is 2.03. The molecule has 0 unspecified atom stereocenters. The molecule has 1 aliphatic rings. The molecular weight excluding hydrogens is 235 g/mol. The van der Waals surface area contributed by atoms with Gasteiger partial charge < -0.3 is 15.7 Å². The molecule has 1 amide bonds. The standard InChI is InChI=1S/C13H17FN2O2/c1-13(18)4-6-16(7-5-13)12(17)9-2-3-11(15)10(14)8-9/h2-3,8,18H,4-7,15H2,1H3. The average molecular weight is 252 g/mol. The van der Waals surface area contributed by atoms with Crippen LogP contribution in [-0.4, -0.2) is 34.6 Å². The Labute approximate surface area is 105 Å². The smallest absolute Gasteiger partial charge is 0.253 e. The van der Waals surface area contributed by atoms with E-state index in [0.29, 0.717) is 31.5 Å². The summed E-state index contributed by atoms with van der Waals surface area (Å²) in [5.74, 6) is -0.797. The summed E-state index contributed by atoms with van der Waals surface area (Å²) in [6.07, 6.45) is 1.08. The second-order valence-corrected chi connectivity index (χ2v) is 5.03. The number of piperidine rings is 1. The van der Waals surface area contributed by atoms with Crippen molar-refractivity contribution in [3.63, 3.8) is 0 Å². The van der Waals surface area contributed by atoms with Crippen LogP contribution >= 0.6 is 0 Å². The highest BCUT2D eigenvalue weighted by Crippen LogP contribution is 2.23. The van der Waals surface area contributed by atoms with Crippen molar-refractivity contribution in [1.29, 1.82) is 0 Å². The molecule has 0 atom stereocenters. The van der Waals surface area contributed by atoms with Crippen LogP contribution in [0.3, 0.4) is 0 Å². The molecule has 0 bridgehead atoms. The number of nitrogen functional groups attached to an aromatic ring is 1. The lowest BCUT2D eigenvalue weighted by molar-refractivity contribution is -0.00203. The lowest BCUT2D eigenvalue weighted by Crippen LogP contribution is -2.45. The minimum absolute atomic E-state index is 0.0353. The first-order valence-corrected chi connectivity index (χ1v) is 5.96. The Balaban J connectivity index is 2.10. The van der Waals surface area contributed by atoms with Crippen LogP contribution < -0.4 is 5.73 Å². The third-order valence-electron chi connectivity index (χ3n) is 3.38. The number of hydrogen-bond donors (Lipinski definition) is 2. The molecule has 0 spiro atoms. The molecule has 1 heterocycles. The average Bonchev–Trinajstić information content (AvgIpc) is 2.32. The molecule has 1 fully saturated rings. The van der Waals surface area contributed by atoms with Crippen molar-refractivity contribution in [3.05, 3.63) is 29.6 Å². The van der Waals surface area contributed by atoms with Gasteiger partial charge in [-0.1, -0.05) is 0 Å². The van der Waals surface area contributed by atoms with Gasteiger partial charge in [-0.05, 0) is 38.0 Å². The van der Waals surface area contributed by atoms with Gasteiger partial charge in [-0.25, -0.2) is 4.39 Å². The van der Waals surface area contributed by atoms with Crippen molar-refractivity contribution in [2.24, 2.45) is 0 Å². The van der Waals surface area contributed by atoms with Crippen molar-refractivity contribution in [3.8, 4) is 0 Å². The van der Waals surface area contributed by atoms with E-state index in [4.69, 9.17) is 5.73 Å². The SMILES string of the molecule is CC1(O)CCN(C(=O)c2ccc(N)c(F)c2)CC1. The first-order valence-electron chi connectivity index (χ1n) is 5.96. The molecule has 1 saturated heterocycles. The number of likely N-dealkylation sites (tertiary alicyclic amines) is 1. The first kappa shape index (κ1) is 12.8. The summed E-state index contributed by atoms with van der Waals surface area (Å²) in [6.45, 7) is 2.73. The molecule has 18 heavy (non-hydrogen) atoms. The Kier molecular flexibility index (Phi) is 3.26. The molecule has 0 aliphatic carbocycles. The monoisotopic (exact) mass is 252 g/mol. The molecule has 3 N–H and O–H groups in total. The van der Waals surface area contributed by atoms with Crippen LogP contribution in [0.4, 0.5) is 10.1 Å². The summed E-state index contributed by atoms with van der Waals surface area (Å²) in [5.41, 5.74) is 4.99. The van der Waals surface area contributed by atoms with Crippen LogP contribution in [0.1, 0.15) is 30.1 Å². The molecular formula is C13H17FN2O2. The highest BCUT2D eigenvalue weighted by molar-refractivity contribution is 5.94. The Morgan fingerprint density at radius 2 is 2.06 bits per heavy atom. The van der Waals surface area contributed by atoms with Crippen molar-refractivity contribution in [1.82, 2.24) is 4.90 Å². The Morgan fingerprint density at radius 3 is 2.61 bits per heavy atom. The Morgan fingerprint density at radius 1 is 1.44 bits per heavy atom. The van der Waals surface area contributed by atoms with E-state index < -0.39 is 11.4 Å². The van der Waals surface area contributed by atoms with Gasteiger partial charge in [0.2, 0.25) is 0 Å². The van der Waals surface area contributed by atoms with Gasteiger partial charge in [-0.3, -0.25) is 4.79 Å². The van der Waals surface area contributed by atoms with Crippen molar-refractivity contribution in [2.45, 2.75) is 25.4 Å². The van der Waals surface area contributed by atoms with E-state index in [1.807, 2.05) is 0 Å². The molecule has 0 radical (unpaired) electrons. The fraction of sp³-hybridized carbons (Fsp3) is 0.462. The molecule has 1 aliphatic heterocycles. The normalized spacial score (nSPS) is 18.7. The van der Waals surface area contributed by atoms with Gasteiger partial charge >= 0.3 is 0 Å². The molecule has 4 nitrogen and oxygen atoms in total. The van der Waals surface area contributed by atoms with Crippen LogP contribution in [-0.2, 0) is 0 Å². The molecule has 98 valence electrons. The summed E-state index contributed by atoms with van der Waals surface area (Å²) in [7, 11) is 0. The number of amides is 1. The maximum Gasteiger partial charge on any atom is 0.253 e. The number of hydrogen-bond acceptors (Lipinski definition) is 3. The van der Waals surface area contributed by atoms with Gasteiger partial charge in [0.1, 0.15) is 5.82 Å². The lowest BCUT2D eigenvalue weighted by Gasteiger charge is -2.35. The van der Waals surface area contributed by atoms with E-state index in [-0.39, 0.29) is 11.6 Å². The number of nitrogens with zero attached hydrogens (tertiary/aromatic N) is 1. The number of aliphatic hydroxyl groups is 1. The molecule has 0 saturated carbocycles. The quantitative estimate of drug-likeness (QED) is 0.742. The molecule has 1 aromatic rings. The van der Waals surface area contributed by atoms with Gasteiger partial charge in [-0.15, -0.1) is 0 Å². The molecule has 5 heteroatoms. The van der Waals surface area contributed by atoms with Gasteiger partial charge in [0, 0.05) is 18.7 Å². The second kappa shape index (κ2) is 4.57. The lowest BCUT2D eigenvalue weighted by atomic mass is 9.93. The van der Waals surface area contributed by atoms with Crippen LogP contribution in [0.15, 0.2) is 18.2 Å². The number of rotatable bonds is 1. The maximum absolute atomic E-state index is 13.3. The molecule has 0 aromatic heterocycles. The van der Waals surface area contributed by atoms with Crippen molar-refractivity contribution < 1.29 is 14.3 Å². The highest BCUT2D eigenvalue weighted by Gasteiger charge is 2.30. The largest absolute Gasteiger partial charge is 0.396 e. The topological polar surface area (TPSA) is 66.6 Å². The Hall–Kier alpha value is -1.62. The number of halogens is 1. The van der Waals surface area contributed by atoms with E-state index in [1.54, 1.807) is 11.8 Å². The third kappa shape index (κ3) is 2.61. The summed E-state index contributed by atoms with van der Waals surface area (Å²) >= 11 is 0. The summed E-state index contributed by atoms with van der Waals surface area (Å²) in [4.78, 5) is 13.7. The van der Waals surface area contributed by atoms with E-state index in [9.17, 15) is 14.3 Å². The van der Waals surface area contributed by atoms with Crippen LogP contribution in [0, 0.1) is 5.82 Å². The van der Waals surface area contributed by atoms with Gasteiger partial charge in [0.25, 0.3) is 5.91 Å². The summed E-state index contributed by atoms with van der Waals surface area (Å²) < 4.78 is 13.3. The van der Waals surface area contributed by atoms with E-state index in [0.717, 1.165) is 6.07 Å². The fourth-order valence-electron chi connectivity index (χ4n) is 2.03. The minimum Gasteiger partial charge on any atom is -0.396 e. The zero-order chi connectivity index (χ0) is 13.3. The Bertz CT molecular complexity index is 464. The number of carbonyl (C=O) groups is 1. The van der Waals surface area contributed by atoms with Crippen molar-refractivity contribution >= 4 is 11.6 Å². The third-order valence-corrected chi connectivity index (χ3v) is 3.38. The molecule has 2 rings (SSSR count). The van der Waals surface area contributed by atoms with E-state index >= 15 is 0 Å². The zero-order valence-electron chi connectivity index (χ0n) is 10.3. The van der Waals surface area contributed by atoms with Crippen LogP contribution in [0.5, 0.6) is 0 Å². The maximum atomic E-state index is 13.3. The number of benzene rings is 1. The zero-order valence-corrected chi connectivity index (χ0v) is 10.3. The van der Waals surface area contributed by atoms with Gasteiger partial charge in [0.15, 0.2) is 0 Å². The van der Waals surface area contributed by atoms with E-state index in [1.165, 1.54) is 12.1 Å². The van der Waals surface area contributed by atoms with E-state index in [2.05, 4.69) is 0 Å². The van der Waals surface area contributed by atoms with Gasteiger partial charge in [0.05, 0.1) is 11.3 Å². The van der Waals surface area contributed by atoms with Crippen LogP contribution in [0.25, 0.3) is 0 Å². The number of carbonyl (C=O) groups excluding carboxylic acids is 1. The first-order chi connectivity index (χ1) is 8.39. The number of anilines is 1. The molecule has 1 aromatic carbocycles. The summed E-state index contributed by atoms with van der Waals surface area (Å²) in [6, 6.07) is 4.07. The minimum atomic E-state index is -0.705. The predicted octanol–water partition coefficient (Wildman–Crippen LogP) is 1.39. The number of nitrogens with two attached hydrogens (primary N) is 1.